The third-order valence-electron chi connectivity index (χ3n) is 2.41. The number of imidazole rings is 1. The first kappa shape index (κ1) is 12.7. The summed E-state index contributed by atoms with van der Waals surface area (Å²) < 4.78 is 4.85. The Kier molecular flexibility index (Phi) is 3.86. The number of ether oxygens (including phenoxy) is 1. The molecule has 0 spiro atoms. The summed E-state index contributed by atoms with van der Waals surface area (Å²) in [4.78, 5) is 24.8. The highest BCUT2D eigenvalue weighted by Crippen LogP contribution is 2.30. The smallest absolute Gasteiger partial charge is 0.372 e. The quantitative estimate of drug-likeness (QED) is 0.584. The van der Waals surface area contributed by atoms with E-state index in [0.29, 0.717) is 13.0 Å². The van der Waals surface area contributed by atoms with Gasteiger partial charge in [0, 0.05) is 24.9 Å². The zero-order valence-corrected chi connectivity index (χ0v) is 10.2. The van der Waals surface area contributed by atoms with Crippen molar-refractivity contribution in [3.8, 4) is 5.88 Å². The lowest BCUT2D eigenvalue weighted by molar-refractivity contribution is -0.385. The van der Waals surface area contributed by atoms with Gasteiger partial charge in [-0.25, -0.2) is 9.97 Å². The number of hydrogen-bond donors (Lipinski definition) is 2. The number of nitrogens with one attached hydrogen (secondary N) is 2. The van der Waals surface area contributed by atoms with Crippen LogP contribution in [0.1, 0.15) is 5.69 Å². The topological polar surface area (TPSA) is 119 Å². The molecule has 2 N–H and O–H groups in total. The van der Waals surface area contributed by atoms with Crippen molar-refractivity contribution in [2.24, 2.45) is 0 Å². The SMILES string of the molecule is COc1ncnc(NCCc2cnc[nH]2)c1[N+](=O)[O-]. The summed E-state index contributed by atoms with van der Waals surface area (Å²) in [5, 5.41) is 13.9. The molecule has 2 aromatic heterocycles. The van der Waals surface area contributed by atoms with Crippen molar-refractivity contribution < 1.29 is 9.66 Å². The molecule has 9 nitrogen and oxygen atoms in total. The van der Waals surface area contributed by atoms with E-state index in [1.54, 1.807) is 12.5 Å². The number of aromatic amines is 1. The molecule has 0 aliphatic carbocycles. The molecule has 0 amide bonds. The van der Waals surface area contributed by atoms with Gasteiger partial charge in [0.05, 0.1) is 18.4 Å². The largest absolute Gasteiger partial charge is 0.476 e. The number of anilines is 1. The summed E-state index contributed by atoms with van der Waals surface area (Å²) in [5.41, 5.74) is 0.658. The highest BCUT2D eigenvalue weighted by Gasteiger charge is 2.23. The maximum Gasteiger partial charge on any atom is 0.372 e. The number of nitro groups is 1. The van der Waals surface area contributed by atoms with Gasteiger partial charge < -0.3 is 15.0 Å². The maximum atomic E-state index is 11.0. The minimum Gasteiger partial charge on any atom is -0.476 e. The summed E-state index contributed by atoms with van der Waals surface area (Å²) in [6, 6.07) is 0. The zero-order chi connectivity index (χ0) is 13.7. The Morgan fingerprint density at radius 2 is 2.37 bits per heavy atom. The first-order valence-electron chi connectivity index (χ1n) is 5.47. The number of hydrogen-bond acceptors (Lipinski definition) is 7. The molecule has 0 saturated heterocycles. The Morgan fingerprint density at radius 1 is 1.53 bits per heavy atom. The molecule has 0 bridgehead atoms. The Hall–Kier alpha value is -2.71. The Balaban J connectivity index is 2.09. The second-order valence-electron chi connectivity index (χ2n) is 3.59. The lowest BCUT2D eigenvalue weighted by atomic mass is 10.3. The summed E-state index contributed by atoms with van der Waals surface area (Å²) in [5.74, 6) is 0.0698. The van der Waals surface area contributed by atoms with Crippen LogP contribution in [0.4, 0.5) is 11.5 Å². The fourth-order valence-corrected chi connectivity index (χ4v) is 1.54. The standard InChI is InChI=1S/C10H12N6O3/c1-19-10-8(16(17)18)9(14-6-15-10)12-3-2-7-4-11-5-13-7/h4-6H,2-3H2,1H3,(H,11,13)(H,12,14,15). The van der Waals surface area contributed by atoms with Crippen molar-refractivity contribution in [1.82, 2.24) is 19.9 Å². The van der Waals surface area contributed by atoms with Gasteiger partial charge in [-0.2, -0.15) is 4.98 Å². The van der Waals surface area contributed by atoms with E-state index in [1.807, 2.05) is 0 Å². The van der Waals surface area contributed by atoms with Gasteiger partial charge >= 0.3 is 5.69 Å². The highest BCUT2D eigenvalue weighted by molar-refractivity contribution is 5.61. The summed E-state index contributed by atoms with van der Waals surface area (Å²) in [6.07, 6.45) is 5.12. The normalized spacial score (nSPS) is 10.2. The molecular weight excluding hydrogens is 252 g/mol. The van der Waals surface area contributed by atoms with Gasteiger partial charge in [-0.05, 0) is 0 Å². The molecule has 0 radical (unpaired) electrons. The average Bonchev–Trinajstić information content (AvgIpc) is 2.91. The van der Waals surface area contributed by atoms with Crippen LogP contribution in [0.2, 0.25) is 0 Å². The lowest BCUT2D eigenvalue weighted by Crippen LogP contribution is -2.10. The van der Waals surface area contributed by atoms with E-state index in [-0.39, 0.29) is 17.4 Å². The van der Waals surface area contributed by atoms with Gasteiger partial charge in [-0.15, -0.1) is 0 Å². The van der Waals surface area contributed by atoms with Gasteiger partial charge in [-0.3, -0.25) is 10.1 Å². The summed E-state index contributed by atoms with van der Waals surface area (Å²) in [7, 11) is 1.32. The molecule has 0 unspecified atom stereocenters. The molecular formula is C10H12N6O3. The van der Waals surface area contributed by atoms with Gasteiger partial charge in [0.1, 0.15) is 6.33 Å². The van der Waals surface area contributed by atoms with Crippen LogP contribution in [0, 0.1) is 10.1 Å². The molecule has 100 valence electrons. The second-order valence-corrected chi connectivity index (χ2v) is 3.59. The zero-order valence-electron chi connectivity index (χ0n) is 10.2. The molecule has 0 fully saturated rings. The predicted octanol–water partition coefficient (Wildman–Crippen LogP) is 0.771. The number of methoxy groups -OCH3 is 1. The van der Waals surface area contributed by atoms with Crippen LogP contribution < -0.4 is 10.1 Å². The molecule has 2 rings (SSSR count). The number of rotatable bonds is 6. The summed E-state index contributed by atoms with van der Waals surface area (Å²) >= 11 is 0. The van der Waals surface area contributed by atoms with Crippen molar-refractivity contribution in [3.63, 3.8) is 0 Å². The molecule has 9 heteroatoms. The molecule has 0 aliphatic rings. The van der Waals surface area contributed by atoms with Gasteiger partial charge in [0.2, 0.25) is 5.82 Å². The molecule has 0 saturated carbocycles. The van der Waals surface area contributed by atoms with E-state index >= 15 is 0 Å². The Labute approximate surface area is 108 Å². The van der Waals surface area contributed by atoms with Crippen LogP contribution >= 0.6 is 0 Å². The van der Waals surface area contributed by atoms with Crippen LogP contribution in [0.25, 0.3) is 0 Å². The van der Waals surface area contributed by atoms with Crippen LogP contribution in [0.15, 0.2) is 18.9 Å². The molecule has 2 heterocycles. The van der Waals surface area contributed by atoms with E-state index in [4.69, 9.17) is 4.74 Å². The van der Waals surface area contributed by atoms with Crippen LogP contribution in [0.3, 0.4) is 0 Å². The fraction of sp³-hybridized carbons (Fsp3) is 0.300. The van der Waals surface area contributed by atoms with Crippen LogP contribution in [-0.4, -0.2) is 38.5 Å². The lowest BCUT2D eigenvalue weighted by Gasteiger charge is -2.06. The molecule has 0 atom stereocenters. The van der Waals surface area contributed by atoms with Crippen molar-refractivity contribution in [2.45, 2.75) is 6.42 Å². The van der Waals surface area contributed by atoms with Crippen LogP contribution in [-0.2, 0) is 6.42 Å². The number of nitrogens with zero attached hydrogens (tertiary/aromatic N) is 4. The van der Waals surface area contributed by atoms with Crippen molar-refractivity contribution in [3.05, 3.63) is 34.7 Å². The number of aromatic nitrogens is 4. The van der Waals surface area contributed by atoms with E-state index in [1.165, 1.54) is 13.4 Å². The van der Waals surface area contributed by atoms with Gasteiger partial charge in [-0.1, -0.05) is 0 Å². The van der Waals surface area contributed by atoms with Crippen molar-refractivity contribution in [1.29, 1.82) is 0 Å². The third-order valence-corrected chi connectivity index (χ3v) is 2.41. The van der Waals surface area contributed by atoms with Crippen molar-refractivity contribution >= 4 is 11.5 Å². The molecule has 19 heavy (non-hydrogen) atoms. The second kappa shape index (κ2) is 5.76. The average molecular weight is 264 g/mol. The van der Waals surface area contributed by atoms with Gasteiger partial charge in [0.25, 0.3) is 5.88 Å². The number of H-pyrrole nitrogens is 1. The Morgan fingerprint density at radius 3 is 3.00 bits per heavy atom. The molecule has 0 aromatic carbocycles. The molecule has 0 aliphatic heterocycles. The first-order chi connectivity index (χ1) is 9.22. The minimum atomic E-state index is -0.572. The monoisotopic (exact) mass is 264 g/mol. The predicted molar refractivity (Wildman–Crippen MR) is 66.0 cm³/mol. The fourth-order valence-electron chi connectivity index (χ4n) is 1.54. The van der Waals surface area contributed by atoms with Crippen LogP contribution in [0.5, 0.6) is 5.88 Å². The minimum absolute atomic E-state index is 0.0657. The highest BCUT2D eigenvalue weighted by atomic mass is 16.6. The van der Waals surface area contributed by atoms with E-state index in [2.05, 4.69) is 25.3 Å². The van der Waals surface area contributed by atoms with E-state index in [9.17, 15) is 10.1 Å². The van der Waals surface area contributed by atoms with Crippen molar-refractivity contribution in [2.75, 3.05) is 19.0 Å². The molecule has 2 aromatic rings. The first-order valence-corrected chi connectivity index (χ1v) is 5.47. The Bertz CT molecular complexity index is 556. The third kappa shape index (κ3) is 2.94. The summed E-state index contributed by atoms with van der Waals surface area (Å²) in [6.45, 7) is 0.475. The van der Waals surface area contributed by atoms with Gasteiger partial charge in [0.15, 0.2) is 0 Å². The van der Waals surface area contributed by atoms with E-state index in [0.717, 1.165) is 5.69 Å². The van der Waals surface area contributed by atoms with E-state index < -0.39 is 4.92 Å². The maximum absolute atomic E-state index is 11.0.